The first-order valence-electron chi connectivity index (χ1n) is 3.87. The van der Waals surface area contributed by atoms with Gasteiger partial charge in [-0.05, 0) is 18.6 Å². The van der Waals surface area contributed by atoms with Gasteiger partial charge in [-0.2, -0.15) is 0 Å². The standard InChI is InChI=1S/C9H11F2NS/c1-6-3-2-4-7(9(6)12)13-5-8(10)11/h2-4,8H,5,12H2,1H3. The summed E-state index contributed by atoms with van der Waals surface area (Å²) in [7, 11) is 0. The maximum absolute atomic E-state index is 11.9. The number of anilines is 1. The lowest BCUT2D eigenvalue weighted by Crippen LogP contribution is -1.97. The molecule has 13 heavy (non-hydrogen) atoms. The molecule has 0 aromatic heterocycles. The molecule has 0 aliphatic carbocycles. The van der Waals surface area contributed by atoms with E-state index in [1.54, 1.807) is 6.07 Å². The lowest BCUT2D eigenvalue weighted by atomic mass is 10.2. The summed E-state index contributed by atoms with van der Waals surface area (Å²) in [6.45, 7) is 1.86. The van der Waals surface area contributed by atoms with Gasteiger partial charge in [-0.25, -0.2) is 8.78 Å². The first-order chi connectivity index (χ1) is 6.11. The van der Waals surface area contributed by atoms with Crippen LogP contribution in [0.2, 0.25) is 0 Å². The third kappa shape index (κ3) is 2.88. The van der Waals surface area contributed by atoms with Crippen molar-refractivity contribution in [2.75, 3.05) is 11.5 Å². The van der Waals surface area contributed by atoms with Gasteiger partial charge in [-0.15, -0.1) is 11.8 Å². The lowest BCUT2D eigenvalue weighted by Gasteiger charge is -2.06. The number of rotatable bonds is 3. The normalized spacial score (nSPS) is 10.8. The Labute approximate surface area is 80.3 Å². The van der Waals surface area contributed by atoms with E-state index in [1.807, 2.05) is 19.1 Å². The van der Waals surface area contributed by atoms with Crippen molar-refractivity contribution in [3.05, 3.63) is 23.8 Å². The summed E-state index contributed by atoms with van der Waals surface area (Å²) in [5, 5.41) is 0. The van der Waals surface area contributed by atoms with Crippen molar-refractivity contribution in [1.29, 1.82) is 0 Å². The predicted molar refractivity (Wildman–Crippen MR) is 52.3 cm³/mol. The van der Waals surface area contributed by atoms with Crippen LogP contribution in [0.15, 0.2) is 23.1 Å². The van der Waals surface area contributed by atoms with Crippen molar-refractivity contribution in [2.24, 2.45) is 0 Å². The summed E-state index contributed by atoms with van der Waals surface area (Å²) in [6, 6.07) is 5.44. The van der Waals surface area contributed by atoms with Crippen molar-refractivity contribution in [2.45, 2.75) is 18.2 Å². The number of nitrogens with two attached hydrogens (primary N) is 1. The summed E-state index contributed by atoms with van der Waals surface area (Å²) in [5.74, 6) is -0.201. The highest BCUT2D eigenvalue weighted by Gasteiger charge is 2.06. The molecular formula is C9H11F2NS. The number of halogens is 2. The van der Waals surface area contributed by atoms with Crippen LogP contribution >= 0.6 is 11.8 Å². The molecule has 0 bridgehead atoms. The van der Waals surface area contributed by atoms with Gasteiger partial charge >= 0.3 is 0 Å². The van der Waals surface area contributed by atoms with E-state index in [0.29, 0.717) is 5.69 Å². The second kappa shape index (κ2) is 4.46. The summed E-state index contributed by atoms with van der Waals surface area (Å²) < 4.78 is 23.8. The van der Waals surface area contributed by atoms with Crippen LogP contribution in [0, 0.1) is 6.92 Å². The minimum Gasteiger partial charge on any atom is -0.398 e. The van der Waals surface area contributed by atoms with E-state index >= 15 is 0 Å². The Morgan fingerprint density at radius 3 is 2.77 bits per heavy atom. The number of hydrogen-bond donors (Lipinski definition) is 1. The quantitative estimate of drug-likeness (QED) is 0.603. The van der Waals surface area contributed by atoms with Crippen LogP contribution in [0.3, 0.4) is 0 Å². The average Bonchev–Trinajstić information content (AvgIpc) is 2.07. The fourth-order valence-electron chi connectivity index (χ4n) is 0.932. The maximum atomic E-state index is 11.9. The van der Waals surface area contributed by atoms with Gasteiger partial charge in [0.15, 0.2) is 0 Å². The SMILES string of the molecule is Cc1cccc(SCC(F)F)c1N. The summed E-state index contributed by atoms with van der Waals surface area (Å²) in [5.41, 5.74) is 7.24. The van der Waals surface area contributed by atoms with Gasteiger partial charge in [0, 0.05) is 10.6 Å². The van der Waals surface area contributed by atoms with Gasteiger partial charge < -0.3 is 5.73 Å². The number of thioether (sulfide) groups is 1. The molecule has 1 aromatic carbocycles. The molecule has 1 nitrogen and oxygen atoms in total. The molecule has 4 heteroatoms. The third-order valence-electron chi connectivity index (χ3n) is 1.65. The molecule has 2 N–H and O–H groups in total. The largest absolute Gasteiger partial charge is 0.398 e. The number of nitrogen functional groups attached to an aromatic ring is 1. The van der Waals surface area contributed by atoms with Crippen LogP contribution in [0.4, 0.5) is 14.5 Å². The Morgan fingerprint density at radius 2 is 2.15 bits per heavy atom. The van der Waals surface area contributed by atoms with Crippen LogP contribution < -0.4 is 5.73 Å². The Balaban J connectivity index is 2.71. The smallest absolute Gasteiger partial charge is 0.247 e. The van der Waals surface area contributed by atoms with E-state index in [2.05, 4.69) is 0 Å². The Bertz CT molecular complexity index is 289. The first-order valence-corrected chi connectivity index (χ1v) is 4.86. The van der Waals surface area contributed by atoms with Crippen molar-refractivity contribution >= 4 is 17.4 Å². The monoisotopic (exact) mass is 203 g/mol. The molecule has 0 atom stereocenters. The molecule has 0 radical (unpaired) electrons. The van der Waals surface area contributed by atoms with E-state index < -0.39 is 6.43 Å². The number of para-hydroxylation sites is 1. The Kier molecular flexibility index (Phi) is 3.54. The highest BCUT2D eigenvalue weighted by Crippen LogP contribution is 2.28. The fourth-order valence-corrected chi connectivity index (χ4v) is 1.73. The minimum atomic E-state index is -2.29. The third-order valence-corrected chi connectivity index (χ3v) is 2.73. The first kappa shape index (κ1) is 10.3. The Morgan fingerprint density at radius 1 is 1.46 bits per heavy atom. The van der Waals surface area contributed by atoms with Gasteiger partial charge in [-0.3, -0.25) is 0 Å². The van der Waals surface area contributed by atoms with Crippen molar-refractivity contribution in [1.82, 2.24) is 0 Å². The average molecular weight is 203 g/mol. The molecule has 0 spiro atoms. The number of benzene rings is 1. The molecule has 0 amide bonds. The van der Waals surface area contributed by atoms with E-state index in [9.17, 15) is 8.78 Å². The number of hydrogen-bond acceptors (Lipinski definition) is 2. The molecule has 72 valence electrons. The predicted octanol–water partition coefficient (Wildman–Crippen LogP) is 2.93. The second-order valence-corrected chi connectivity index (χ2v) is 3.75. The zero-order valence-electron chi connectivity index (χ0n) is 7.26. The summed E-state index contributed by atoms with van der Waals surface area (Å²) in [4.78, 5) is 0.736. The molecule has 0 saturated carbocycles. The molecular weight excluding hydrogens is 192 g/mol. The van der Waals surface area contributed by atoms with Gasteiger partial charge in [0.1, 0.15) is 0 Å². The van der Waals surface area contributed by atoms with E-state index in [-0.39, 0.29) is 5.75 Å². The van der Waals surface area contributed by atoms with Crippen LogP contribution in [-0.4, -0.2) is 12.2 Å². The molecule has 0 aliphatic heterocycles. The van der Waals surface area contributed by atoms with Gasteiger partial charge in [0.2, 0.25) is 6.43 Å². The van der Waals surface area contributed by atoms with Crippen molar-refractivity contribution < 1.29 is 8.78 Å². The van der Waals surface area contributed by atoms with E-state index in [4.69, 9.17) is 5.73 Å². The van der Waals surface area contributed by atoms with Crippen molar-refractivity contribution in [3.8, 4) is 0 Å². The molecule has 0 fully saturated rings. The maximum Gasteiger partial charge on any atom is 0.247 e. The van der Waals surface area contributed by atoms with Gasteiger partial charge in [0.05, 0.1) is 5.75 Å². The molecule has 0 saturated heterocycles. The summed E-state index contributed by atoms with van der Waals surface area (Å²) >= 11 is 1.09. The zero-order chi connectivity index (χ0) is 9.84. The van der Waals surface area contributed by atoms with E-state index in [0.717, 1.165) is 22.2 Å². The molecule has 1 rings (SSSR count). The minimum absolute atomic E-state index is 0.201. The van der Waals surface area contributed by atoms with Gasteiger partial charge in [0.25, 0.3) is 0 Å². The lowest BCUT2D eigenvalue weighted by molar-refractivity contribution is 0.177. The fraction of sp³-hybridized carbons (Fsp3) is 0.333. The molecule has 0 heterocycles. The van der Waals surface area contributed by atoms with Gasteiger partial charge in [-0.1, -0.05) is 12.1 Å². The highest BCUT2D eigenvalue weighted by molar-refractivity contribution is 7.99. The van der Waals surface area contributed by atoms with E-state index in [1.165, 1.54) is 0 Å². The van der Waals surface area contributed by atoms with Crippen LogP contribution in [-0.2, 0) is 0 Å². The second-order valence-electron chi connectivity index (χ2n) is 2.69. The molecule has 0 aliphatic rings. The van der Waals surface area contributed by atoms with Crippen LogP contribution in [0.1, 0.15) is 5.56 Å². The summed E-state index contributed by atoms with van der Waals surface area (Å²) in [6.07, 6.45) is -2.29. The highest BCUT2D eigenvalue weighted by atomic mass is 32.2. The molecule has 1 aromatic rings. The zero-order valence-corrected chi connectivity index (χ0v) is 8.07. The molecule has 0 unspecified atom stereocenters. The van der Waals surface area contributed by atoms with Crippen LogP contribution in [0.25, 0.3) is 0 Å². The van der Waals surface area contributed by atoms with Crippen molar-refractivity contribution in [3.63, 3.8) is 0 Å². The number of alkyl halides is 2. The Hall–Kier alpha value is -0.770. The number of aryl methyl sites for hydroxylation is 1. The topological polar surface area (TPSA) is 26.0 Å². The van der Waals surface area contributed by atoms with Crippen LogP contribution in [0.5, 0.6) is 0 Å².